The lowest BCUT2D eigenvalue weighted by atomic mass is 9.98. The van der Waals surface area contributed by atoms with Crippen LogP contribution in [0.15, 0.2) is 4.52 Å². The molecule has 0 aromatic carbocycles. The molecule has 1 unspecified atom stereocenters. The van der Waals surface area contributed by atoms with Crippen molar-refractivity contribution < 1.29 is 14.4 Å². The van der Waals surface area contributed by atoms with Crippen molar-refractivity contribution in [2.24, 2.45) is 0 Å². The third-order valence-electron chi connectivity index (χ3n) is 2.78. The van der Waals surface area contributed by atoms with Crippen LogP contribution in [-0.4, -0.2) is 46.3 Å². The zero-order chi connectivity index (χ0) is 11.5. The first kappa shape index (κ1) is 11.1. The van der Waals surface area contributed by atoms with Gasteiger partial charge < -0.3 is 14.5 Å². The number of aromatic nitrogens is 2. The van der Waals surface area contributed by atoms with Gasteiger partial charge in [-0.25, -0.2) is 0 Å². The van der Waals surface area contributed by atoms with E-state index in [9.17, 15) is 4.79 Å². The molecular formula is C10H15N3O3. The summed E-state index contributed by atoms with van der Waals surface area (Å²) in [6, 6.07) is 0. The average molecular weight is 225 g/mol. The number of piperidine rings is 1. The van der Waals surface area contributed by atoms with E-state index < -0.39 is 5.97 Å². The Bertz CT molecular complexity index is 377. The maximum atomic E-state index is 10.5. The standard InChI is InChI=1S/C10H15N3O3/c1-13-4-2-3-7(6-13)10-11-8(16-12-10)5-9(14)15/h7H,2-6H2,1H3,(H,14,15). The predicted molar refractivity (Wildman–Crippen MR) is 55.1 cm³/mol. The van der Waals surface area contributed by atoms with Crippen LogP contribution in [0, 0.1) is 0 Å². The molecule has 1 aromatic heterocycles. The monoisotopic (exact) mass is 225 g/mol. The Morgan fingerprint density at radius 2 is 2.50 bits per heavy atom. The maximum absolute atomic E-state index is 10.5. The van der Waals surface area contributed by atoms with Crippen LogP contribution in [0.1, 0.15) is 30.5 Å². The van der Waals surface area contributed by atoms with Crippen LogP contribution in [0.2, 0.25) is 0 Å². The summed E-state index contributed by atoms with van der Waals surface area (Å²) in [5, 5.41) is 12.4. The van der Waals surface area contributed by atoms with Crippen LogP contribution < -0.4 is 0 Å². The summed E-state index contributed by atoms with van der Waals surface area (Å²) in [4.78, 5) is 16.8. The van der Waals surface area contributed by atoms with Gasteiger partial charge in [0.15, 0.2) is 5.82 Å². The Hall–Kier alpha value is -1.43. The Morgan fingerprint density at radius 1 is 1.69 bits per heavy atom. The zero-order valence-corrected chi connectivity index (χ0v) is 9.22. The highest BCUT2D eigenvalue weighted by Gasteiger charge is 2.23. The van der Waals surface area contributed by atoms with Gasteiger partial charge in [0.1, 0.15) is 6.42 Å². The van der Waals surface area contributed by atoms with Crippen LogP contribution in [-0.2, 0) is 11.2 Å². The van der Waals surface area contributed by atoms with Crippen molar-refractivity contribution in [3.8, 4) is 0 Å². The third-order valence-corrected chi connectivity index (χ3v) is 2.78. The minimum atomic E-state index is -0.948. The summed E-state index contributed by atoms with van der Waals surface area (Å²) in [6.45, 7) is 2.00. The molecule has 0 amide bonds. The van der Waals surface area contributed by atoms with Crippen molar-refractivity contribution in [2.45, 2.75) is 25.2 Å². The van der Waals surface area contributed by atoms with E-state index in [0.717, 1.165) is 25.9 Å². The smallest absolute Gasteiger partial charge is 0.312 e. The van der Waals surface area contributed by atoms with E-state index in [1.807, 2.05) is 0 Å². The lowest BCUT2D eigenvalue weighted by Gasteiger charge is -2.27. The second kappa shape index (κ2) is 4.61. The fraction of sp³-hybridized carbons (Fsp3) is 0.700. The summed E-state index contributed by atoms with van der Waals surface area (Å²) in [5.41, 5.74) is 0. The molecular weight excluding hydrogens is 210 g/mol. The highest BCUT2D eigenvalue weighted by molar-refractivity contribution is 5.68. The molecule has 6 heteroatoms. The number of carboxylic acids is 1. The van der Waals surface area contributed by atoms with Gasteiger partial charge in [0.25, 0.3) is 0 Å². The molecule has 1 saturated heterocycles. The van der Waals surface area contributed by atoms with Gasteiger partial charge in [-0.2, -0.15) is 4.98 Å². The van der Waals surface area contributed by atoms with Gasteiger partial charge in [-0.15, -0.1) is 0 Å². The summed E-state index contributed by atoms with van der Waals surface area (Å²) in [7, 11) is 2.06. The molecule has 1 fully saturated rings. The van der Waals surface area contributed by atoms with E-state index in [0.29, 0.717) is 5.82 Å². The molecule has 1 N–H and O–H groups in total. The molecule has 6 nitrogen and oxygen atoms in total. The SMILES string of the molecule is CN1CCCC(c2noc(CC(=O)O)n2)C1. The summed E-state index contributed by atoms with van der Waals surface area (Å²) in [5.74, 6) is 0.152. The van der Waals surface area contributed by atoms with Crippen LogP contribution in [0.3, 0.4) is 0 Å². The molecule has 1 aliphatic heterocycles. The fourth-order valence-electron chi connectivity index (χ4n) is 2.01. The molecule has 1 atom stereocenters. The molecule has 1 aromatic rings. The second-order valence-corrected chi connectivity index (χ2v) is 4.22. The number of carbonyl (C=O) groups is 1. The van der Waals surface area contributed by atoms with Gasteiger partial charge in [-0.1, -0.05) is 5.16 Å². The number of likely N-dealkylation sites (tertiary alicyclic amines) is 1. The van der Waals surface area contributed by atoms with Gasteiger partial charge in [-0.05, 0) is 26.4 Å². The molecule has 0 bridgehead atoms. The molecule has 0 spiro atoms. The van der Waals surface area contributed by atoms with E-state index in [1.165, 1.54) is 0 Å². The number of hydrogen-bond donors (Lipinski definition) is 1. The Balaban J connectivity index is 2.03. The van der Waals surface area contributed by atoms with Crippen molar-refractivity contribution >= 4 is 5.97 Å². The maximum Gasteiger partial charge on any atom is 0.312 e. The van der Waals surface area contributed by atoms with Gasteiger partial charge in [0.05, 0.1) is 0 Å². The van der Waals surface area contributed by atoms with E-state index >= 15 is 0 Å². The van der Waals surface area contributed by atoms with Crippen LogP contribution in [0.4, 0.5) is 0 Å². The molecule has 1 aliphatic rings. The van der Waals surface area contributed by atoms with Crippen molar-refractivity contribution in [2.75, 3.05) is 20.1 Å². The first-order chi connectivity index (χ1) is 7.65. The van der Waals surface area contributed by atoms with Crippen molar-refractivity contribution in [3.05, 3.63) is 11.7 Å². The molecule has 16 heavy (non-hydrogen) atoms. The number of carboxylic acid groups (broad SMARTS) is 1. The van der Waals surface area contributed by atoms with Gasteiger partial charge in [0, 0.05) is 12.5 Å². The van der Waals surface area contributed by atoms with Gasteiger partial charge >= 0.3 is 5.97 Å². The first-order valence-electron chi connectivity index (χ1n) is 5.38. The molecule has 0 aliphatic carbocycles. The molecule has 2 heterocycles. The number of aliphatic carboxylic acids is 1. The highest BCUT2D eigenvalue weighted by Crippen LogP contribution is 2.23. The largest absolute Gasteiger partial charge is 0.481 e. The minimum Gasteiger partial charge on any atom is -0.481 e. The summed E-state index contributed by atoms with van der Waals surface area (Å²) >= 11 is 0. The van der Waals surface area contributed by atoms with Gasteiger partial charge in [-0.3, -0.25) is 4.79 Å². The van der Waals surface area contributed by atoms with Crippen molar-refractivity contribution in [1.82, 2.24) is 15.0 Å². The normalized spacial score (nSPS) is 22.2. The lowest BCUT2D eigenvalue weighted by molar-refractivity contribution is -0.136. The summed E-state index contributed by atoms with van der Waals surface area (Å²) < 4.78 is 4.90. The van der Waals surface area contributed by atoms with E-state index in [2.05, 4.69) is 22.1 Å². The van der Waals surface area contributed by atoms with Gasteiger partial charge in [0.2, 0.25) is 5.89 Å². The average Bonchev–Trinajstić information content (AvgIpc) is 2.65. The lowest BCUT2D eigenvalue weighted by Crippen LogP contribution is -2.31. The highest BCUT2D eigenvalue weighted by atomic mass is 16.5. The summed E-state index contributed by atoms with van der Waals surface area (Å²) in [6.07, 6.45) is 1.95. The molecule has 2 rings (SSSR count). The van der Waals surface area contributed by atoms with Crippen molar-refractivity contribution in [3.63, 3.8) is 0 Å². The van der Waals surface area contributed by atoms with E-state index in [1.54, 1.807) is 0 Å². The predicted octanol–water partition coefficient (Wildman–Crippen LogP) is 0.506. The fourth-order valence-corrected chi connectivity index (χ4v) is 2.01. The number of likely N-dealkylation sites (N-methyl/N-ethyl adjacent to an activating group) is 1. The Labute approximate surface area is 93.2 Å². The molecule has 0 radical (unpaired) electrons. The Morgan fingerprint density at radius 3 is 3.19 bits per heavy atom. The van der Waals surface area contributed by atoms with Crippen molar-refractivity contribution in [1.29, 1.82) is 0 Å². The topological polar surface area (TPSA) is 79.5 Å². The quantitative estimate of drug-likeness (QED) is 0.807. The van der Waals surface area contributed by atoms with Crippen LogP contribution in [0.5, 0.6) is 0 Å². The number of nitrogens with zero attached hydrogens (tertiary/aromatic N) is 3. The van der Waals surface area contributed by atoms with E-state index in [4.69, 9.17) is 9.63 Å². The first-order valence-corrected chi connectivity index (χ1v) is 5.38. The van der Waals surface area contributed by atoms with Crippen LogP contribution in [0.25, 0.3) is 0 Å². The zero-order valence-electron chi connectivity index (χ0n) is 9.22. The van der Waals surface area contributed by atoms with E-state index in [-0.39, 0.29) is 18.2 Å². The molecule has 88 valence electrons. The Kier molecular flexibility index (Phi) is 3.19. The van der Waals surface area contributed by atoms with Crippen LogP contribution >= 0.6 is 0 Å². The number of rotatable bonds is 3. The minimum absolute atomic E-state index is 0.190. The second-order valence-electron chi connectivity index (χ2n) is 4.22. The third kappa shape index (κ3) is 2.57. The number of hydrogen-bond acceptors (Lipinski definition) is 5. The molecule has 0 saturated carbocycles.